The van der Waals surface area contributed by atoms with Gasteiger partial charge in [0.15, 0.2) is 0 Å². The summed E-state index contributed by atoms with van der Waals surface area (Å²) >= 11 is 0. The van der Waals surface area contributed by atoms with Crippen LogP contribution in [0.25, 0.3) is 27.9 Å². The van der Waals surface area contributed by atoms with Crippen molar-refractivity contribution < 1.29 is 4.79 Å². The number of aromatic nitrogens is 2. The Morgan fingerprint density at radius 1 is 0.897 bits per heavy atom. The Balaban J connectivity index is 1.43. The lowest BCUT2D eigenvalue weighted by molar-refractivity contribution is -0.115. The van der Waals surface area contributed by atoms with Crippen LogP contribution in [0.4, 0.5) is 5.69 Å². The number of carbonyl (C=O) groups is 1. The van der Waals surface area contributed by atoms with Crippen LogP contribution in [-0.2, 0) is 11.2 Å². The number of fused-ring (bicyclic) bond motifs is 1. The number of anilines is 1. The van der Waals surface area contributed by atoms with Crippen LogP contribution in [0.15, 0.2) is 73.1 Å². The van der Waals surface area contributed by atoms with Crippen molar-refractivity contribution in [3.05, 3.63) is 90.0 Å². The van der Waals surface area contributed by atoms with Crippen LogP contribution in [0.2, 0.25) is 0 Å². The first kappa shape index (κ1) is 17.4. The smallest absolute Gasteiger partial charge is 0.228 e. The first-order valence-electron chi connectivity index (χ1n) is 9.73. The second kappa shape index (κ2) is 6.74. The van der Waals surface area contributed by atoms with Crippen molar-refractivity contribution in [3.8, 4) is 27.9 Å². The van der Waals surface area contributed by atoms with Crippen LogP contribution < -0.4 is 5.32 Å². The molecule has 1 aliphatic rings. The lowest BCUT2D eigenvalue weighted by Gasteiger charge is -2.11. The van der Waals surface area contributed by atoms with E-state index in [0.29, 0.717) is 6.42 Å². The van der Waals surface area contributed by atoms with Gasteiger partial charge in [-0.3, -0.25) is 4.79 Å². The minimum Gasteiger partial charge on any atom is -0.326 e. The predicted octanol–water partition coefficient (Wildman–Crippen LogP) is 5.32. The summed E-state index contributed by atoms with van der Waals surface area (Å²) in [6.07, 6.45) is 4.25. The highest BCUT2D eigenvalue weighted by Crippen LogP contribution is 2.33. The summed E-state index contributed by atoms with van der Waals surface area (Å²) < 4.78 is 2.07. The molecule has 0 bridgehead atoms. The van der Waals surface area contributed by atoms with E-state index in [9.17, 15) is 4.79 Å². The molecule has 1 aliphatic heterocycles. The number of nitrogens with one attached hydrogen (secondary N) is 1. The Morgan fingerprint density at radius 3 is 2.21 bits per heavy atom. The fourth-order valence-electron chi connectivity index (χ4n) is 4.00. The zero-order chi connectivity index (χ0) is 20.0. The molecule has 29 heavy (non-hydrogen) atoms. The van der Waals surface area contributed by atoms with E-state index in [4.69, 9.17) is 0 Å². The Hall–Kier alpha value is -3.66. The van der Waals surface area contributed by atoms with E-state index < -0.39 is 0 Å². The van der Waals surface area contributed by atoms with Gasteiger partial charge < -0.3 is 9.88 Å². The Labute approximate surface area is 169 Å². The van der Waals surface area contributed by atoms with Gasteiger partial charge in [-0.15, -0.1) is 0 Å². The van der Waals surface area contributed by atoms with Gasteiger partial charge in [0.2, 0.25) is 5.91 Å². The monoisotopic (exact) mass is 379 g/mol. The van der Waals surface area contributed by atoms with Crippen molar-refractivity contribution in [2.24, 2.45) is 0 Å². The molecular weight excluding hydrogens is 358 g/mol. The van der Waals surface area contributed by atoms with Crippen LogP contribution in [0, 0.1) is 13.8 Å². The average Bonchev–Trinajstić information content (AvgIpc) is 3.32. The molecule has 0 spiro atoms. The van der Waals surface area contributed by atoms with Gasteiger partial charge in [-0.2, -0.15) is 0 Å². The molecule has 4 nitrogen and oxygen atoms in total. The van der Waals surface area contributed by atoms with Gasteiger partial charge in [-0.1, -0.05) is 36.4 Å². The second-order valence-corrected chi connectivity index (χ2v) is 7.52. The molecule has 1 N–H and O–H groups in total. The average molecular weight is 379 g/mol. The molecule has 142 valence electrons. The minimum atomic E-state index is 0.0706. The highest BCUT2D eigenvalue weighted by Gasteiger charge is 2.19. The molecule has 1 amide bonds. The van der Waals surface area contributed by atoms with E-state index in [1.54, 1.807) is 0 Å². The summed E-state index contributed by atoms with van der Waals surface area (Å²) in [5.74, 6) is 1.05. The fourth-order valence-corrected chi connectivity index (χ4v) is 4.00. The van der Waals surface area contributed by atoms with E-state index in [1.165, 1.54) is 27.8 Å². The third-order valence-electron chi connectivity index (χ3n) is 5.58. The second-order valence-electron chi connectivity index (χ2n) is 7.52. The molecule has 1 aromatic heterocycles. The van der Waals surface area contributed by atoms with E-state index in [1.807, 2.05) is 19.3 Å². The predicted molar refractivity (Wildman–Crippen MR) is 116 cm³/mol. The van der Waals surface area contributed by atoms with E-state index in [-0.39, 0.29) is 5.91 Å². The summed E-state index contributed by atoms with van der Waals surface area (Å²) in [6.45, 7) is 4.09. The molecule has 2 heterocycles. The third-order valence-corrected chi connectivity index (χ3v) is 5.58. The highest BCUT2D eigenvalue weighted by molar-refractivity contribution is 6.00. The van der Waals surface area contributed by atoms with Crippen molar-refractivity contribution in [3.63, 3.8) is 0 Å². The number of carbonyl (C=O) groups excluding carboxylic acids is 1. The standard InChI is InChI=1S/C25H21N3O/c1-16-13-24-21(15-25(29)27-24)14-23(16)20-5-3-18(4-6-20)19-7-9-22(10-8-19)28-12-11-26-17(28)2/h3-14H,15H2,1-2H3,(H,27,29). The summed E-state index contributed by atoms with van der Waals surface area (Å²) in [7, 11) is 0. The lowest BCUT2D eigenvalue weighted by Crippen LogP contribution is -2.03. The molecule has 0 saturated heterocycles. The minimum absolute atomic E-state index is 0.0706. The van der Waals surface area contributed by atoms with Crippen molar-refractivity contribution in [1.29, 1.82) is 0 Å². The Bertz CT molecular complexity index is 1220. The molecule has 0 atom stereocenters. The Morgan fingerprint density at radius 2 is 1.55 bits per heavy atom. The summed E-state index contributed by atoms with van der Waals surface area (Å²) in [6, 6.07) is 21.3. The number of imidazole rings is 1. The van der Waals surface area contributed by atoms with Gasteiger partial charge in [0.05, 0.1) is 6.42 Å². The van der Waals surface area contributed by atoms with Crippen molar-refractivity contribution in [1.82, 2.24) is 9.55 Å². The number of hydrogen-bond donors (Lipinski definition) is 1. The van der Waals surface area contributed by atoms with Gasteiger partial charge in [0.25, 0.3) is 0 Å². The third kappa shape index (κ3) is 3.13. The quantitative estimate of drug-likeness (QED) is 0.524. The zero-order valence-corrected chi connectivity index (χ0v) is 16.4. The number of hydrogen-bond acceptors (Lipinski definition) is 2. The molecule has 5 rings (SSSR count). The SMILES string of the molecule is Cc1cc2c(cc1-c1ccc(-c3ccc(-n4ccnc4C)cc3)cc1)CC(=O)N2. The highest BCUT2D eigenvalue weighted by atomic mass is 16.1. The largest absolute Gasteiger partial charge is 0.326 e. The van der Waals surface area contributed by atoms with Crippen LogP contribution in [0.3, 0.4) is 0 Å². The van der Waals surface area contributed by atoms with Gasteiger partial charge >= 0.3 is 0 Å². The normalized spacial score (nSPS) is 12.7. The number of nitrogens with zero attached hydrogens (tertiary/aromatic N) is 2. The maximum Gasteiger partial charge on any atom is 0.228 e. The number of benzene rings is 3. The molecule has 0 saturated carbocycles. The molecule has 3 aromatic carbocycles. The molecule has 0 fully saturated rings. The van der Waals surface area contributed by atoms with Crippen molar-refractivity contribution in [2.45, 2.75) is 20.3 Å². The van der Waals surface area contributed by atoms with Gasteiger partial charge in [0, 0.05) is 23.8 Å². The van der Waals surface area contributed by atoms with Crippen LogP contribution in [0.1, 0.15) is 17.0 Å². The van der Waals surface area contributed by atoms with Gasteiger partial charge in [0.1, 0.15) is 5.82 Å². The molecular formula is C25H21N3O. The van der Waals surface area contributed by atoms with Crippen molar-refractivity contribution >= 4 is 11.6 Å². The van der Waals surface area contributed by atoms with Crippen LogP contribution >= 0.6 is 0 Å². The van der Waals surface area contributed by atoms with Gasteiger partial charge in [-0.25, -0.2) is 4.98 Å². The molecule has 0 radical (unpaired) electrons. The van der Waals surface area contributed by atoms with E-state index in [2.05, 4.69) is 82.5 Å². The number of aryl methyl sites for hydroxylation is 2. The van der Waals surface area contributed by atoms with E-state index in [0.717, 1.165) is 22.8 Å². The Kier molecular flexibility index (Phi) is 4.06. The molecule has 0 aliphatic carbocycles. The molecule has 4 heteroatoms. The maximum absolute atomic E-state index is 11.7. The van der Waals surface area contributed by atoms with Crippen LogP contribution in [-0.4, -0.2) is 15.5 Å². The number of rotatable bonds is 3. The van der Waals surface area contributed by atoms with Crippen LogP contribution in [0.5, 0.6) is 0 Å². The first-order chi connectivity index (χ1) is 14.1. The molecule has 4 aromatic rings. The topological polar surface area (TPSA) is 46.9 Å². The molecule has 0 unspecified atom stereocenters. The number of amides is 1. The first-order valence-corrected chi connectivity index (χ1v) is 9.73. The fraction of sp³-hybridized carbons (Fsp3) is 0.120. The zero-order valence-electron chi connectivity index (χ0n) is 16.4. The van der Waals surface area contributed by atoms with E-state index >= 15 is 0 Å². The maximum atomic E-state index is 11.7. The summed E-state index contributed by atoms with van der Waals surface area (Å²) in [4.78, 5) is 15.9. The van der Waals surface area contributed by atoms with Gasteiger partial charge in [-0.05, 0) is 71.5 Å². The summed E-state index contributed by atoms with van der Waals surface area (Å²) in [5, 5.41) is 2.92. The van der Waals surface area contributed by atoms with Crippen molar-refractivity contribution in [2.75, 3.05) is 5.32 Å². The summed E-state index contributed by atoms with van der Waals surface area (Å²) in [5.41, 5.74) is 9.00. The lowest BCUT2D eigenvalue weighted by atomic mass is 9.95.